The fourth-order valence-electron chi connectivity index (χ4n) is 2.02. The fourth-order valence-corrected chi connectivity index (χ4v) is 2.02. The van der Waals surface area contributed by atoms with Crippen molar-refractivity contribution >= 4 is 11.0 Å². The molecule has 0 saturated carbocycles. The van der Waals surface area contributed by atoms with Gasteiger partial charge in [-0.2, -0.15) is 0 Å². The lowest BCUT2D eigenvalue weighted by molar-refractivity contribution is 0.474. The Bertz CT molecular complexity index is 465. The summed E-state index contributed by atoms with van der Waals surface area (Å²) in [5.41, 5.74) is 1.95. The summed E-state index contributed by atoms with van der Waals surface area (Å²) in [6, 6.07) is 2.02. The summed E-state index contributed by atoms with van der Waals surface area (Å²) in [6.07, 6.45) is 3.74. The smallest absolute Gasteiger partial charge is 0.159 e. The molecule has 0 aliphatic heterocycles. The van der Waals surface area contributed by atoms with Crippen molar-refractivity contribution in [1.82, 2.24) is 9.24 Å². The van der Waals surface area contributed by atoms with Gasteiger partial charge in [0.2, 0.25) is 0 Å². The molecular weight excluding hydrogens is 190 g/mol. The van der Waals surface area contributed by atoms with Gasteiger partial charge in [0.15, 0.2) is 5.75 Å². The first-order chi connectivity index (χ1) is 7.19. The maximum Gasteiger partial charge on any atom is 0.159 e. The minimum absolute atomic E-state index is 0.337. The molecule has 0 fully saturated rings. The third kappa shape index (κ3) is 1.37. The third-order valence-electron chi connectivity index (χ3n) is 2.82. The first-order valence-corrected chi connectivity index (χ1v) is 5.29. The molecule has 2 rings (SSSR count). The molecule has 0 unspecified atom stereocenters. The predicted octanol–water partition coefficient (Wildman–Crippen LogP) is 1.66. The fraction of sp³-hybridized carbons (Fsp3) is 0.455. The van der Waals surface area contributed by atoms with E-state index in [4.69, 9.17) is 0 Å². The van der Waals surface area contributed by atoms with Gasteiger partial charge in [0, 0.05) is 32.5 Å². The molecule has 82 valence electrons. The molecule has 0 spiro atoms. The molecule has 2 aromatic rings. The van der Waals surface area contributed by atoms with Crippen LogP contribution in [0.2, 0.25) is 0 Å². The highest BCUT2D eigenvalue weighted by molar-refractivity contribution is 5.84. The quantitative estimate of drug-likeness (QED) is 0.830. The van der Waals surface area contributed by atoms with Crippen LogP contribution in [0.4, 0.5) is 0 Å². The molecular formula is C11H17N3O. The molecule has 0 bridgehead atoms. The largest absolute Gasteiger partial charge is 0.504 e. The van der Waals surface area contributed by atoms with Crippen molar-refractivity contribution in [3.8, 4) is 5.75 Å². The zero-order valence-electron chi connectivity index (χ0n) is 9.44. The van der Waals surface area contributed by atoms with Gasteiger partial charge in [0.25, 0.3) is 0 Å². The lowest BCUT2D eigenvalue weighted by atomic mass is 10.4. The molecule has 0 aromatic carbocycles. The van der Waals surface area contributed by atoms with E-state index in [1.807, 2.05) is 28.6 Å². The Balaban J connectivity index is 2.61. The summed E-state index contributed by atoms with van der Waals surface area (Å²) in [5, 5.41) is 12.0. The van der Waals surface area contributed by atoms with Crippen molar-refractivity contribution in [2.24, 2.45) is 7.05 Å². The van der Waals surface area contributed by atoms with Gasteiger partial charge in [-0.15, -0.1) is 0 Å². The van der Waals surface area contributed by atoms with Crippen LogP contribution in [0.1, 0.15) is 13.8 Å². The van der Waals surface area contributed by atoms with Crippen LogP contribution in [0.25, 0.3) is 11.0 Å². The number of aromatic nitrogens is 2. The zero-order valence-corrected chi connectivity index (χ0v) is 9.44. The number of aromatic hydroxyl groups is 1. The second-order valence-electron chi connectivity index (χ2n) is 3.66. The van der Waals surface area contributed by atoms with Crippen molar-refractivity contribution in [1.29, 1.82) is 0 Å². The van der Waals surface area contributed by atoms with Gasteiger partial charge in [-0.1, -0.05) is 0 Å². The van der Waals surface area contributed by atoms with Crippen molar-refractivity contribution in [2.75, 3.05) is 18.1 Å². The van der Waals surface area contributed by atoms with E-state index >= 15 is 0 Å². The second kappa shape index (κ2) is 3.53. The van der Waals surface area contributed by atoms with E-state index in [0.29, 0.717) is 5.75 Å². The monoisotopic (exact) mass is 207 g/mol. The third-order valence-corrected chi connectivity index (χ3v) is 2.82. The van der Waals surface area contributed by atoms with Crippen molar-refractivity contribution in [3.05, 3.63) is 18.5 Å². The van der Waals surface area contributed by atoms with Crippen LogP contribution < -0.4 is 5.01 Å². The molecule has 0 amide bonds. The van der Waals surface area contributed by atoms with Gasteiger partial charge >= 0.3 is 0 Å². The average Bonchev–Trinajstić information content (AvgIpc) is 2.74. The lowest BCUT2D eigenvalue weighted by Gasteiger charge is -2.23. The number of fused-ring (bicyclic) bond motifs is 1. The van der Waals surface area contributed by atoms with Gasteiger partial charge in [-0.3, -0.25) is 4.68 Å². The van der Waals surface area contributed by atoms with Crippen LogP contribution in [0.15, 0.2) is 18.5 Å². The molecule has 0 aliphatic rings. The molecule has 0 radical (unpaired) electrons. The van der Waals surface area contributed by atoms with E-state index in [2.05, 4.69) is 18.9 Å². The summed E-state index contributed by atoms with van der Waals surface area (Å²) < 4.78 is 3.95. The van der Waals surface area contributed by atoms with E-state index in [1.54, 1.807) is 6.20 Å². The maximum absolute atomic E-state index is 9.83. The normalized spacial score (nSPS) is 11.1. The molecule has 2 heterocycles. The Morgan fingerprint density at radius 3 is 2.60 bits per heavy atom. The van der Waals surface area contributed by atoms with Crippen LogP contribution in [0.3, 0.4) is 0 Å². The molecule has 0 aliphatic carbocycles. The Morgan fingerprint density at radius 1 is 1.33 bits per heavy atom. The van der Waals surface area contributed by atoms with Crippen LogP contribution in [0.5, 0.6) is 5.75 Å². The molecule has 2 aromatic heterocycles. The highest BCUT2D eigenvalue weighted by atomic mass is 16.3. The van der Waals surface area contributed by atoms with Crippen molar-refractivity contribution in [3.63, 3.8) is 0 Å². The van der Waals surface area contributed by atoms with E-state index in [1.165, 1.54) is 0 Å². The van der Waals surface area contributed by atoms with Crippen molar-refractivity contribution < 1.29 is 5.11 Å². The summed E-state index contributed by atoms with van der Waals surface area (Å²) in [5.74, 6) is 0.337. The highest BCUT2D eigenvalue weighted by Crippen LogP contribution is 2.27. The molecule has 4 nitrogen and oxygen atoms in total. The predicted molar refractivity (Wildman–Crippen MR) is 61.9 cm³/mol. The summed E-state index contributed by atoms with van der Waals surface area (Å²) >= 11 is 0. The van der Waals surface area contributed by atoms with E-state index in [-0.39, 0.29) is 0 Å². The molecule has 0 atom stereocenters. The van der Waals surface area contributed by atoms with Crippen LogP contribution >= 0.6 is 0 Å². The Kier molecular flexibility index (Phi) is 2.34. The lowest BCUT2D eigenvalue weighted by Crippen LogP contribution is -2.33. The summed E-state index contributed by atoms with van der Waals surface area (Å²) in [4.78, 5) is 0. The van der Waals surface area contributed by atoms with Gasteiger partial charge < -0.3 is 14.7 Å². The topological polar surface area (TPSA) is 33.3 Å². The number of aryl methyl sites for hydroxylation is 1. The Morgan fingerprint density at radius 2 is 2.00 bits per heavy atom. The minimum Gasteiger partial charge on any atom is -0.504 e. The van der Waals surface area contributed by atoms with Crippen LogP contribution in [-0.4, -0.2) is 27.4 Å². The van der Waals surface area contributed by atoms with Gasteiger partial charge in [0.05, 0.1) is 5.52 Å². The maximum atomic E-state index is 9.83. The summed E-state index contributed by atoms with van der Waals surface area (Å²) in [7, 11) is 1.94. The highest BCUT2D eigenvalue weighted by Gasteiger charge is 2.12. The van der Waals surface area contributed by atoms with E-state index in [9.17, 15) is 5.11 Å². The Labute approximate surface area is 89.3 Å². The van der Waals surface area contributed by atoms with Gasteiger partial charge in [-0.25, -0.2) is 0 Å². The zero-order chi connectivity index (χ0) is 11.0. The molecule has 0 saturated heterocycles. The van der Waals surface area contributed by atoms with Gasteiger partial charge in [0.1, 0.15) is 5.52 Å². The van der Waals surface area contributed by atoms with Crippen LogP contribution in [0, 0.1) is 0 Å². The van der Waals surface area contributed by atoms with Crippen LogP contribution in [-0.2, 0) is 7.05 Å². The first kappa shape index (κ1) is 9.96. The molecule has 1 N–H and O–H groups in total. The number of nitrogens with zero attached hydrogens (tertiary/aromatic N) is 3. The van der Waals surface area contributed by atoms with Crippen molar-refractivity contribution in [2.45, 2.75) is 13.8 Å². The van der Waals surface area contributed by atoms with Gasteiger partial charge in [-0.05, 0) is 19.9 Å². The van der Waals surface area contributed by atoms with E-state index < -0.39 is 0 Å². The number of hydrogen-bond acceptors (Lipinski definition) is 2. The number of rotatable bonds is 3. The molecule has 4 heteroatoms. The SMILES string of the molecule is CCN(CC)n1ccc2c1c(O)cn2C. The Hall–Kier alpha value is -1.58. The second-order valence-corrected chi connectivity index (χ2v) is 3.66. The number of hydrogen-bond donors (Lipinski definition) is 1. The average molecular weight is 207 g/mol. The summed E-state index contributed by atoms with van der Waals surface area (Å²) in [6.45, 7) is 6.06. The molecule has 15 heavy (non-hydrogen) atoms. The van der Waals surface area contributed by atoms with E-state index in [0.717, 1.165) is 24.1 Å². The minimum atomic E-state index is 0.337. The standard InChI is InChI=1S/C11H17N3O/c1-4-13(5-2)14-7-6-9-11(14)10(15)8-12(9)3/h6-8,15H,4-5H2,1-3H3. The first-order valence-electron chi connectivity index (χ1n) is 5.29.